The van der Waals surface area contributed by atoms with Crippen LogP contribution in [0.2, 0.25) is 5.02 Å². The summed E-state index contributed by atoms with van der Waals surface area (Å²) in [6, 6.07) is 13.9. The van der Waals surface area contributed by atoms with Gasteiger partial charge in [-0.3, -0.25) is 0 Å². The van der Waals surface area contributed by atoms with Gasteiger partial charge in [-0.2, -0.15) is 0 Å². The highest BCUT2D eigenvalue weighted by Crippen LogP contribution is 2.31. The molecule has 0 spiro atoms. The molecule has 0 saturated heterocycles. The number of halogens is 1. The normalized spacial score (nSPS) is 14.0. The Bertz CT molecular complexity index is 904. The van der Waals surface area contributed by atoms with Gasteiger partial charge in [-0.25, -0.2) is 15.0 Å². The van der Waals surface area contributed by atoms with Crippen LogP contribution in [0.1, 0.15) is 36.2 Å². The molecule has 4 heteroatoms. The van der Waals surface area contributed by atoms with Gasteiger partial charge in [0, 0.05) is 27.5 Å². The Kier molecular flexibility index (Phi) is 4.50. The number of aromatic nitrogens is 3. The smallest absolute Gasteiger partial charge is 0.178 e. The van der Waals surface area contributed by atoms with Crippen molar-refractivity contribution in [2.75, 3.05) is 0 Å². The summed E-state index contributed by atoms with van der Waals surface area (Å²) >= 11 is 6.07. The highest BCUT2D eigenvalue weighted by atomic mass is 35.5. The van der Waals surface area contributed by atoms with Gasteiger partial charge in [-0.15, -0.1) is 0 Å². The summed E-state index contributed by atoms with van der Waals surface area (Å²) in [6.07, 6.45) is 5.67. The van der Waals surface area contributed by atoms with Gasteiger partial charge in [-0.05, 0) is 56.9 Å². The van der Waals surface area contributed by atoms with Crippen molar-refractivity contribution in [1.82, 2.24) is 15.0 Å². The lowest BCUT2D eigenvalue weighted by molar-refractivity contribution is 0.709. The second-order valence-electron chi connectivity index (χ2n) is 6.55. The highest BCUT2D eigenvalue weighted by molar-refractivity contribution is 6.30. The largest absolute Gasteiger partial charge is 0.250 e. The van der Waals surface area contributed by atoms with Gasteiger partial charge < -0.3 is 0 Å². The Balaban J connectivity index is 1.91. The molecular weight excluding hydrogens is 330 g/mol. The van der Waals surface area contributed by atoms with Crippen LogP contribution in [0, 0.1) is 6.92 Å². The molecule has 3 nitrogen and oxygen atoms in total. The Morgan fingerprint density at radius 1 is 0.840 bits per heavy atom. The zero-order valence-electron chi connectivity index (χ0n) is 14.3. The van der Waals surface area contributed by atoms with Crippen LogP contribution >= 0.6 is 11.6 Å². The molecule has 0 unspecified atom stereocenters. The molecule has 0 bridgehead atoms. The second kappa shape index (κ2) is 6.93. The molecule has 0 radical (unpaired) electrons. The lowest BCUT2D eigenvalue weighted by atomic mass is 10.0. The third-order valence-corrected chi connectivity index (χ3v) is 4.92. The van der Waals surface area contributed by atoms with Crippen molar-refractivity contribution in [3.8, 4) is 22.8 Å². The number of aryl methyl sites for hydroxylation is 2. The minimum absolute atomic E-state index is 0.717. The minimum Gasteiger partial charge on any atom is -0.250 e. The fraction of sp³-hybridized carbons (Fsp3) is 0.286. The molecule has 126 valence electrons. The first-order valence-corrected chi connectivity index (χ1v) is 9.18. The SMILES string of the molecule is Cc1cccc(-c2nc3c(c(-c4ccc(Cl)cc4)n2)CCCCC3)n1. The zero-order chi connectivity index (χ0) is 17.2. The van der Waals surface area contributed by atoms with Crippen LogP contribution in [0.25, 0.3) is 22.8 Å². The summed E-state index contributed by atoms with van der Waals surface area (Å²) in [6.45, 7) is 1.99. The predicted molar refractivity (Wildman–Crippen MR) is 102 cm³/mol. The van der Waals surface area contributed by atoms with E-state index in [9.17, 15) is 0 Å². The average molecular weight is 350 g/mol. The van der Waals surface area contributed by atoms with Crippen LogP contribution < -0.4 is 0 Å². The number of rotatable bonds is 2. The van der Waals surface area contributed by atoms with Crippen LogP contribution in [-0.4, -0.2) is 15.0 Å². The molecule has 0 fully saturated rings. The van der Waals surface area contributed by atoms with Crippen molar-refractivity contribution >= 4 is 11.6 Å². The summed E-state index contributed by atoms with van der Waals surface area (Å²) in [5, 5.41) is 0.740. The van der Waals surface area contributed by atoms with Crippen LogP contribution in [0.4, 0.5) is 0 Å². The van der Waals surface area contributed by atoms with Crippen LogP contribution in [-0.2, 0) is 12.8 Å². The molecule has 0 N–H and O–H groups in total. The maximum Gasteiger partial charge on any atom is 0.178 e. The number of pyridine rings is 1. The topological polar surface area (TPSA) is 38.7 Å². The van der Waals surface area contributed by atoms with E-state index in [2.05, 4.69) is 4.98 Å². The van der Waals surface area contributed by atoms with Crippen molar-refractivity contribution in [2.45, 2.75) is 39.0 Å². The number of fused-ring (bicyclic) bond motifs is 1. The molecular formula is C21H20ClN3. The van der Waals surface area contributed by atoms with Gasteiger partial charge in [0.25, 0.3) is 0 Å². The standard InChI is InChI=1S/C21H20ClN3/c1-14-6-5-9-19(23-14)21-24-18-8-4-2-3-7-17(18)20(25-21)15-10-12-16(22)13-11-15/h5-6,9-13H,2-4,7-8H2,1H3. The van der Waals surface area contributed by atoms with E-state index in [1.165, 1.54) is 30.5 Å². The maximum absolute atomic E-state index is 6.07. The van der Waals surface area contributed by atoms with E-state index in [0.29, 0.717) is 5.82 Å². The summed E-state index contributed by atoms with van der Waals surface area (Å²) < 4.78 is 0. The number of hydrogen-bond acceptors (Lipinski definition) is 3. The van der Waals surface area contributed by atoms with Gasteiger partial charge in [0.15, 0.2) is 5.82 Å². The fourth-order valence-corrected chi connectivity index (χ4v) is 3.53. The summed E-state index contributed by atoms with van der Waals surface area (Å²) in [7, 11) is 0. The fourth-order valence-electron chi connectivity index (χ4n) is 3.40. The van der Waals surface area contributed by atoms with Crippen LogP contribution in [0.5, 0.6) is 0 Å². The molecule has 1 aliphatic rings. The van der Waals surface area contributed by atoms with E-state index in [4.69, 9.17) is 21.6 Å². The number of hydrogen-bond donors (Lipinski definition) is 0. The molecule has 4 rings (SSSR count). The van der Waals surface area contributed by atoms with Gasteiger partial charge in [0.2, 0.25) is 0 Å². The Hall–Kier alpha value is -2.26. The maximum atomic E-state index is 6.07. The van der Waals surface area contributed by atoms with E-state index in [0.717, 1.165) is 40.5 Å². The molecule has 0 saturated carbocycles. The van der Waals surface area contributed by atoms with Gasteiger partial charge in [0.05, 0.1) is 5.69 Å². The quantitative estimate of drug-likeness (QED) is 0.578. The molecule has 0 aliphatic heterocycles. The molecule has 0 amide bonds. The number of benzene rings is 1. The van der Waals surface area contributed by atoms with E-state index < -0.39 is 0 Å². The lowest BCUT2D eigenvalue weighted by Gasteiger charge is -2.14. The van der Waals surface area contributed by atoms with E-state index in [1.807, 2.05) is 49.4 Å². The monoisotopic (exact) mass is 349 g/mol. The van der Waals surface area contributed by atoms with E-state index in [-0.39, 0.29) is 0 Å². The van der Waals surface area contributed by atoms with Gasteiger partial charge in [-0.1, -0.05) is 36.2 Å². The average Bonchev–Trinajstić information content (AvgIpc) is 2.87. The molecule has 2 heterocycles. The molecule has 0 atom stereocenters. The molecule has 25 heavy (non-hydrogen) atoms. The third kappa shape index (κ3) is 3.42. The number of nitrogens with zero attached hydrogens (tertiary/aromatic N) is 3. The molecule has 2 aromatic heterocycles. The first kappa shape index (κ1) is 16.2. The summed E-state index contributed by atoms with van der Waals surface area (Å²) in [5.74, 6) is 0.717. The summed E-state index contributed by atoms with van der Waals surface area (Å²) in [5.41, 5.74) is 6.40. The van der Waals surface area contributed by atoms with Crippen molar-refractivity contribution in [3.05, 3.63) is 64.4 Å². The van der Waals surface area contributed by atoms with Crippen molar-refractivity contribution in [2.24, 2.45) is 0 Å². The predicted octanol–water partition coefficient (Wildman–Crippen LogP) is 5.44. The van der Waals surface area contributed by atoms with E-state index in [1.54, 1.807) is 0 Å². The lowest BCUT2D eigenvalue weighted by Crippen LogP contribution is -2.05. The van der Waals surface area contributed by atoms with Crippen molar-refractivity contribution in [3.63, 3.8) is 0 Å². The molecule has 1 aliphatic carbocycles. The molecule has 1 aromatic carbocycles. The molecule has 3 aromatic rings. The highest BCUT2D eigenvalue weighted by Gasteiger charge is 2.19. The second-order valence-corrected chi connectivity index (χ2v) is 6.99. The third-order valence-electron chi connectivity index (χ3n) is 4.67. The first-order valence-electron chi connectivity index (χ1n) is 8.80. The van der Waals surface area contributed by atoms with Crippen LogP contribution in [0.15, 0.2) is 42.5 Å². The van der Waals surface area contributed by atoms with Gasteiger partial charge >= 0.3 is 0 Å². The van der Waals surface area contributed by atoms with E-state index >= 15 is 0 Å². The first-order chi connectivity index (χ1) is 12.2. The van der Waals surface area contributed by atoms with Gasteiger partial charge in [0.1, 0.15) is 5.69 Å². The van der Waals surface area contributed by atoms with Crippen LogP contribution in [0.3, 0.4) is 0 Å². The minimum atomic E-state index is 0.717. The Morgan fingerprint density at radius 3 is 2.44 bits per heavy atom. The van der Waals surface area contributed by atoms with Crippen molar-refractivity contribution in [1.29, 1.82) is 0 Å². The zero-order valence-corrected chi connectivity index (χ0v) is 15.1. The van der Waals surface area contributed by atoms with Crippen molar-refractivity contribution < 1.29 is 0 Å². The summed E-state index contributed by atoms with van der Waals surface area (Å²) in [4.78, 5) is 14.4. The Labute approximate surface area is 153 Å². The Morgan fingerprint density at radius 2 is 1.64 bits per heavy atom.